The average molecular weight is 252 g/mol. The van der Waals surface area contributed by atoms with Crippen molar-refractivity contribution in [3.63, 3.8) is 0 Å². The Kier molecular flexibility index (Phi) is 6.67. The molecule has 1 saturated carbocycles. The van der Waals surface area contributed by atoms with Gasteiger partial charge in [-0.2, -0.15) is 5.26 Å². The molecule has 104 valence electrons. The summed E-state index contributed by atoms with van der Waals surface area (Å²) in [6.45, 7) is 7.44. The van der Waals surface area contributed by atoms with Gasteiger partial charge in [0.25, 0.3) is 0 Å². The molecule has 1 fully saturated rings. The van der Waals surface area contributed by atoms with Gasteiger partial charge in [-0.15, -0.1) is 0 Å². The Balaban J connectivity index is 2.74. The van der Waals surface area contributed by atoms with Crippen molar-refractivity contribution in [2.75, 3.05) is 13.2 Å². The van der Waals surface area contributed by atoms with Crippen LogP contribution in [0.25, 0.3) is 0 Å². The summed E-state index contributed by atoms with van der Waals surface area (Å²) in [6.07, 6.45) is 5.87. The van der Waals surface area contributed by atoms with Crippen molar-refractivity contribution in [1.82, 2.24) is 4.90 Å². The van der Waals surface area contributed by atoms with E-state index in [0.717, 1.165) is 18.8 Å². The first-order valence-electron chi connectivity index (χ1n) is 7.40. The van der Waals surface area contributed by atoms with E-state index in [1.54, 1.807) is 0 Å². The van der Waals surface area contributed by atoms with E-state index in [9.17, 15) is 10.4 Å². The predicted octanol–water partition coefficient (Wildman–Crippen LogP) is 2.80. The van der Waals surface area contributed by atoms with Crippen LogP contribution >= 0.6 is 0 Å². The van der Waals surface area contributed by atoms with Crippen LogP contribution in [0.4, 0.5) is 0 Å². The third-order valence-electron chi connectivity index (χ3n) is 4.24. The number of nitrogens with zero attached hydrogens (tertiary/aromatic N) is 2. The van der Waals surface area contributed by atoms with Gasteiger partial charge in [0.15, 0.2) is 0 Å². The van der Waals surface area contributed by atoms with Gasteiger partial charge in [-0.05, 0) is 39.0 Å². The molecule has 18 heavy (non-hydrogen) atoms. The molecule has 3 nitrogen and oxygen atoms in total. The summed E-state index contributed by atoms with van der Waals surface area (Å²) < 4.78 is 0. The topological polar surface area (TPSA) is 47.3 Å². The van der Waals surface area contributed by atoms with Crippen molar-refractivity contribution in [2.45, 2.75) is 65.0 Å². The number of hydrogen-bond donors (Lipinski definition) is 1. The summed E-state index contributed by atoms with van der Waals surface area (Å²) in [6, 6.07) is 3.23. The normalized spacial score (nSPS) is 28.6. The third kappa shape index (κ3) is 3.96. The van der Waals surface area contributed by atoms with Gasteiger partial charge in [0, 0.05) is 18.6 Å². The van der Waals surface area contributed by atoms with E-state index < -0.39 is 0 Å². The molecule has 1 N–H and O–H groups in total. The predicted molar refractivity (Wildman–Crippen MR) is 74.1 cm³/mol. The Hall–Kier alpha value is -0.590. The lowest BCUT2D eigenvalue weighted by molar-refractivity contribution is 0.0559. The minimum absolute atomic E-state index is 0.145. The Morgan fingerprint density at radius 1 is 1.39 bits per heavy atom. The molecule has 0 bridgehead atoms. The van der Waals surface area contributed by atoms with Crippen molar-refractivity contribution in [3.05, 3.63) is 0 Å². The molecular weight excluding hydrogens is 224 g/mol. The quantitative estimate of drug-likeness (QED) is 0.790. The highest BCUT2D eigenvalue weighted by Gasteiger charge is 2.34. The lowest BCUT2D eigenvalue weighted by atomic mass is 9.76. The fraction of sp³-hybridized carbons (Fsp3) is 0.933. The molecular formula is C15H28N2O. The van der Waals surface area contributed by atoms with E-state index in [-0.39, 0.29) is 12.5 Å². The highest BCUT2D eigenvalue weighted by Crippen LogP contribution is 2.35. The Morgan fingerprint density at radius 2 is 2.11 bits per heavy atom. The van der Waals surface area contributed by atoms with Gasteiger partial charge in [0.2, 0.25) is 0 Å². The molecule has 3 heteroatoms. The second-order valence-corrected chi connectivity index (χ2v) is 5.83. The van der Waals surface area contributed by atoms with Crippen LogP contribution in [0.2, 0.25) is 0 Å². The standard InChI is InChI=1S/C15H28N2O/c1-4-5-13-6-7-14(11-16)15(10-13)17(8-9-18)12(2)3/h12-15,18H,4-10H2,1-3H3. The summed E-state index contributed by atoms with van der Waals surface area (Å²) in [7, 11) is 0. The molecule has 0 amide bonds. The molecule has 0 aromatic carbocycles. The van der Waals surface area contributed by atoms with Crippen LogP contribution in [-0.4, -0.2) is 35.2 Å². The van der Waals surface area contributed by atoms with Gasteiger partial charge in [-0.25, -0.2) is 0 Å². The molecule has 1 aliphatic rings. The van der Waals surface area contributed by atoms with E-state index in [2.05, 4.69) is 31.7 Å². The minimum atomic E-state index is 0.145. The maximum atomic E-state index is 9.34. The zero-order valence-corrected chi connectivity index (χ0v) is 12.1. The lowest BCUT2D eigenvalue weighted by Crippen LogP contribution is -2.48. The fourth-order valence-electron chi connectivity index (χ4n) is 3.34. The molecule has 0 heterocycles. The number of nitriles is 1. The smallest absolute Gasteiger partial charge is 0.0672 e. The summed E-state index contributed by atoms with van der Waals surface area (Å²) >= 11 is 0. The molecule has 1 aliphatic carbocycles. The number of aliphatic hydroxyl groups is 1. The van der Waals surface area contributed by atoms with Crippen molar-refractivity contribution >= 4 is 0 Å². The zero-order valence-electron chi connectivity index (χ0n) is 12.1. The molecule has 3 unspecified atom stereocenters. The first-order valence-corrected chi connectivity index (χ1v) is 7.40. The van der Waals surface area contributed by atoms with Crippen LogP contribution in [0.3, 0.4) is 0 Å². The highest BCUT2D eigenvalue weighted by molar-refractivity contribution is 4.98. The maximum absolute atomic E-state index is 9.34. The highest BCUT2D eigenvalue weighted by atomic mass is 16.3. The number of rotatable bonds is 6. The minimum Gasteiger partial charge on any atom is -0.395 e. The maximum Gasteiger partial charge on any atom is 0.0672 e. The second-order valence-electron chi connectivity index (χ2n) is 5.83. The van der Waals surface area contributed by atoms with Gasteiger partial charge in [0.05, 0.1) is 18.6 Å². The van der Waals surface area contributed by atoms with Gasteiger partial charge < -0.3 is 5.11 Å². The largest absolute Gasteiger partial charge is 0.395 e. The van der Waals surface area contributed by atoms with E-state index >= 15 is 0 Å². The Labute approximate surface area is 112 Å². The number of hydrogen-bond acceptors (Lipinski definition) is 3. The van der Waals surface area contributed by atoms with Crippen LogP contribution in [0.15, 0.2) is 0 Å². The molecule has 0 spiro atoms. The van der Waals surface area contributed by atoms with Crippen LogP contribution < -0.4 is 0 Å². The van der Waals surface area contributed by atoms with Gasteiger partial charge in [-0.3, -0.25) is 4.90 Å². The summed E-state index contributed by atoms with van der Waals surface area (Å²) in [4.78, 5) is 2.33. The third-order valence-corrected chi connectivity index (χ3v) is 4.24. The average Bonchev–Trinajstić information content (AvgIpc) is 2.36. The molecule has 0 saturated heterocycles. The van der Waals surface area contributed by atoms with Crippen LogP contribution in [0.5, 0.6) is 0 Å². The van der Waals surface area contributed by atoms with Crippen LogP contribution in [0, 0.1) is 23.2 Å². The van der Waals surface area contributed by atoms with Crippen LogP contribution in [-0.2, 0) is 0 Å². The summed E-state index contributed by atoms with van der Waals surface area (Å²) in [5.41, 5.74) is 0. The monoisotopic (exact) mass is 252 g/mol. The van der Waals surface area contributed by atoms with E-state index in [1.165, 1.54) is 19.3 Å². The second kappa shape index (κ2) is 7.76. The first kappa shape index (κ1) is 15.5. The van der Waals surface area contributed by atoms with E-state index in [1.807, 2.05) is 0 Å². The molecule has 1 rings (SSSR count). The zero-order chi connectivity index (χ0) is 13.5. The van der Waals surface area contributed by atoms with Crippen LogP contribution in [0.1, 0.15) is 52.9 Å². The molecule has 0 aromatic heterocycles. The molecule has 0 aliphatic heterocycles. The van der Waals surface area contributed by atoms with Gasteiger partial charge >= 0.3 is 0 Å². The van der Waals surface area contributed by atoms with Crippen molar-refractivity contribution in [1.29, 1.82) is 5.26 Å². The summed E-state index contributed by atoms with van der Waals surface area (Å²) in [5.74, 6) is 0.914. The lowest BCUT2D eigenvalue weighted by Gasteiger charge is -2.42. The molecule has 0 radical (unpaired) electrons. The number of aliphatic hydroxyl groups excluding tert-OH is 1. The van der Waals surface area contributed by atoms with E-state index in [0.29, 0.717) is 18.6 Å². The fourth-order valence-corrected chi connectivity index (χ4v) is 3.34. The van der Waals surface area contributed by atoms with E-state index in [4.69, 9.17) is 0 Å². The van der Waals surface area contributed by atoms with Crippen molar-refractivity contribution < 1.29 is 5.11 Å². The SMILES string of the molecule is CCCC1CCC(C#N)C(N(CCO)C(C)C)C1. The Bertz CT molecular complexity index is 272. The van der Waals surface area contributed by atoms with Gasteiger partial charge in [-0.1, -0.05) is 19.8 Å². The summed E-state index contributed by atoms with van der Waals surface area (Å²) in [5, 5.41) is 18.6. The molecule has 3 atom stereocenters. The van der Waals surface area contributed by atoms with Crippen molar-refractivity contribution in [2.24, 2.45) is 11.8 Å². The first-order chi connectivity index (χ1) is 8.63. The van der Waals surface area contributed by atoms with Gasteiger partial charge in [0.1, 0.15) is 0 Å². The molecule has 0 aromatic rings. The Morgan fingerprint density at radius 3 is 2.61 bits per heavy atom. The van der Waals surface area contributed by atoms with Crippen molar-refractivity contribution in [3.8, 4) is 6.07 Å².